The van der Waals surface area contributed by atoms with Crippen LogP contribution in [0.15, 0.2) is 12.7 Å². The number of ether oxygens (including phenoxy) is 1. The number of hydrogen-bond acceptors (Lipinski definition) is 7. The van der Waals surface area contributed by atoms with E-state index in [4.69, 9.17) is 11.2 Å². The first-order valence-corrected chi connectivity index (χ1v) is 7.61. The van der Waals surface area contributed by atoms with E-state index in [0.29, 0.717) is 23.0 Å². The molecule has 2 fully saturated rings. The molecule has 1 aliphatic carbocycles. The zero-order chi connectivity index (χ0) is 16.0. The van der Waals surface area contributed by atoms with Gasteiger partial charge in [-0.05, 0) is 19.3 Å². The number of nitrogens with one attached hydrogen (secondary N) is 1. The fourth-order valence-electron chi connectivity index (χ4n) is 2.92. The third-order valence-corrected chi connectivity index (χ3v) is 4.48. The Labute approximate surface area is 132 Å². The number of aliphatic hydroxyl groups excluding tert-OH is 2. The van der Waals surface area contributed by atoms with Crippen molar-refractivity contribution in [2.75, 3.05) is 5.32 Å². The molecule has 4 rings (SSSR count). The number of nitrogens with zero attached hydrogens (tertiary/aromatic N) is 4. The number of aliphatic hydroxyl groups is 2. The minimum atomic E-state index is -1.15. The number of rotatable bonds is 3. The Morgan fingerprint density at radius 1 is 1.26 bits per heavy atom. The molecule has 1 unspecified atom stereocenters. The van der Waals surface area contributed by atoms with Crippen molar-refractivity contribution in [1.82, 2.24) is 19.5 Å². The highest BCUT2D eigenvalue weighted by atomic mass is 16.6. The van der Waals surface area contributed by atoms with E-state index in [0.717, 1.165) is 12.8 Å². The molecule has 1 aliphatic heterocycles. The molecule has 120 valence electrons. The Balaban J connectivity index is 1.69. The van der Waals surface area contributed by atoms with Gasteiger partial charge in [0.25, 0.3) is 0 Å². The quantitative estimate of drug-likeness (QED) is 0.687. The topological polar surface area (TPSA) is 105 Å². The van der Waals surface area contributed by atoms with Gasteiger partial charge in [-0.15, -0.1) is 6.42 Å². The molecule has 0 aromatic carbocycles. The van der Waals surface area contributed by atoms with Crippen molar-refractivity contribution < 1.29 is 14.9 Å². The zero-order valence-electron chi connectivity index (χ0n) is 12.3. The van der Waals surface area contributed by atoms with Crippen molar-refractivity contribution in [2.45, 2.75) is 49.8 Å². The van der Waals surface area contributed by atoms with Crippen LogP contribution in [0.5, 0.6) is 0 Å². The largest absolute Gasteiger partial charge is 0.386 e. The lowest BCUT2D eigenvalue weighted by atomic mass is 9.93. The summed E-state index contributed by atoms with van der Waals surface area (Å²) in [6, 6.07) is 0.416. The highest BCUT2D eigenvalue weighted by Gasteiger charge is 2.43. The zero-order valence-corrected chi connectivity index (χ0v) is 12.3. The van der Waals surface area contributed by atoms with E-state index >= 15 is 0 Å². The summed E-state index contributed by atoms with van der Waals surface area (Å²) in [5.41, 5.74) is 1.13. The molecule has 2 aromatic heterocycles. The lowest BCUT2D eigenvalue weighted by molar-refractivity contribution is -0.0230. The van der Waals surface area contributed by atoms with Crippen LogP contribution < -0.4 is 5.32 Å². The van der Waals surface area contributed by atoms with Crippen molar-refractivity contribution in [2.24, 2.45) is 0 Å². The van der Waals surface area contributed by atoms with Crippen LogP contribution in [0.4, 0.5) is 5.82 Å². The molecule has 2 aliphatic rings. The number of fused-ring (bicyclic) bond motifs is 1. The van der Waals surface area contributed by atoms with Crippen LogP contribution in [0.2, 0.25) is 0 Å². The molecule has 1 saturated carbocycles. The molecule has 0 amide bonds. The van der Waals surface area contributed by atoms with E-state index in [1.165, 1.54) is 19.1 Å². The molecule has 8 heteroatoms. The van der Waals surface area contributed by atoms with E-state index < -0.39 is 24.5 Å². The molecular weight excluding hydrogens is 298 g/mol. The summed E-state index contributed by atoms with van der Waals surface area (Å²) in [7, 11) is 0. The fraction of sp³-hybridized carbons (Fsp3) is 0.533. The molecule has 2 aromatic rings. The highest BCUT2D eigenvalue weighted by molar-refractivity contribution is 5.82. The van der Waals surface area contributed by atoms with Gasteiger partial charge in [0.1, 0.15) is 24.6 Å². The van der Waals surface area contributed by atoms with Crippen LogP contribution in [-0.4, -0.2) is 54.1 Å². The molecule has 0 spiro atoms. The normalized spacial score (nSPS) is 31.0. The number of hydrogen-bond donors (Lipinski definition) is 3. The first-order valence-electron chi connectivity index (χ1n) is 7.61. The van der Waals surface area contributed by atoms with E-state index in [-0.39, 0.29) is 0 Å². The first kappa shape index (κ1) is 14.4. The van der Waals surface area contributed by atoms with Crippen molar-refractivity contribution in [3.05, 3.63) is 12.7 Å². The van der Waals surface area contributed by atoms with E-state index in [9.17, 15) is 10.2 Å². The van der Waals surface area contributed by atoms with Crippen molar-refractivity contribution >= 4 is 17.0 Å². The maximum absolute atomic E-state index is 10.2. The third-order valence-electron chi connectivity index (χ3n) is 4.48. The summed E-state index contributed by atoms with van der Waals surface area (Å²) in [6.07, 6.45) is 7.74. The van der Waals surface area contributed by atoms with E-state index in [1.54, 1.807) is 4.57 Å². The SMILES string of the molecule is C#CC1O[C@@H](n2cnc3c(NC4CCC4)ncnc32)[C@H](O)[C@@H]1O. The molecule has 0 radical (unpaired) electrons. The van der Waals surface area contributed by atoms with Crippen LogP contribution in [-0.2, 0) is 4.74 Å². The van der Waals surface area contributed by atoms with Crippen LogP contribution in [0.3, 0.4) is 0 Å². The second kappa shape index (κ2) is 5.45. The van der Waals surface area contributed by atoms with Gasteiger partial charge >= 0.3 is 0 Å². The summed E-state index contributed by atoms with van der Waals surface area (Å²) < 4.78 is 7.12. The number of anilines is 1. The maximum atomic E-state index is 10.2. The van der Waals surface area contributed by atoms with Crippen molar-refractivity contribution in [3.63, 3.8) is 0 Å². The van der Waals surface area contributed by atoms with Gasteiger partial charge in [0.2, 0.25) is 0 Å². The molecule has 0 bridgehead atoms. The smallest absolute Gasteiger partial charge is 0.167 e. The van der Waals surface area contributed by atoms with Crippen molar-refractivity contribution in [1.29, 1.82) is 0 Å². The average molecular weight is 315 g/mol. The summed E-state index contributed by atoms with van der Waals surface area (Å²) in [6.45, 7) is 0. The maximum Gasteiger partial charge on any atom is 0.167 e. The van der Waals surface area contributed by atoms with Gasteiger partial charge in [0, 0.05) is 6.04 Å². The summed E-state index contributed by atoms with van der Waals surface area (Å²) >= 11 is 0. The number of aromatic nitrogens is 4. The fourth-order valence-corrected chi connectivity index (χ4v) is 2.92. The lowest BCUT2D eigenvalue weighted by Crippen LogP contribution is -2.30. The number of terminal acetylenes is 1. The monoisotopic (exact) mass is 315 g/mol. The van der Waals surface area contributed by atoms with Crippen LogP contribution in [0, 0.1) is 12.3 Å². The minimum Gasteiger partial charge on any atom is -0.386 e. The lowest BCUT2D eigenvalue weighted by Gasteiger charge is -2.26. The summed E-state index contributed by atoms with van der Waals surface area (Å²) in [4.78, 5) is 12.8. The molecule has 8 nitrogen and oxygen atoms in total. The molecule has 3 N–H and O–H groups in total. The number of imidazole rings is 1. The standard InChI is InChI=1S/C15H17N5O3/c1-2-9-11(21)12(22)15(23-9)20-7-18-10-13(16-6-17-14(10)20)19-8-4-3-5-8/h1,6-9,11-12,15,21-22H,3-5H2,(H,16,17,19)/t9?,11-,12-,15-/m1/s1. The minimum absolute atomic E-state index is 0.416. The Bertz CT molecular complexity index is 766. The molecule has 3 heterocycles. The van der Waals surface area contributed by atoms with Gasteiger partial charge in [-0.3, -0.25) is 4.57 Å². The second-order valence-corrected chi connectivity index (χ2v) is 5.91. The van der Waals surface area contributed by atoms with Gasteiger partial charge in [-0.2, -0.15) is 0 Å². The Hall–Kier alpha value is -2.21. The van der Waals surface area contributed by atoms with Gasteiger partial charge < -0.3 is 20.3 Å². The van der Waals surface area contributed by atoms with E-state index in [1.807, 2.05) is 0 Å². The van der Waals surface area contributed by atoms with Crippen LogP contribution >= 0.6 is 0 Å². The third kappa shape index (κ3) is 2.25. The molecule has 4 atom stereocenters. The first-order chi connectivity index (χ1) is 11.2. The summed E-state index contributed by atoms with van der Waals surface area (Å²) in [5.74, 6) is 2.99. The molecule has 1 saturated heterocycles. The van der Waals surface area contributed by atoms with Crippen LogP contribution in [0.25, 0.3) is 11.2 Å². The molecule has 23 heavy (non-hydrogen) atoms. The van der Waals surface area contributed by atoms with Gasteiger partial charge in [0.05, 0.1) is 6.33 Å². The van der Waals surface area contributed by atoms with Crippen molar-refractivity contribution in [3.8, 4) is 12.3 Å². The highest BCUT2D eigenvalue weighted by Crippen LogP contribution is 2.32. The Morgan fingerprint density at radius 3 is 2.74 bits per heavy atom. The second-order valence-electron chi connectivity index (χ2n) is 5.91. The van der Waals surface area contributed by atoms with E-state index in [2.05, 4.69) is 26.2 Å². The van der Waals surface area contributed by atoms with Gasteiger partial charge in [-0.1, -0.05) is 5.92 Å². The van der Waals surface area contributed by atoms with Gasteiger partial charge in [0.15, 0.2) is 23.2 Å². The average Bonchev–Trinajstić information content (AvgIpc) is 3.06. The summed E-state index contributed by atoms with van der Waals surface area (Å²) in [5, 5.41) is 23.4. The van der Waals surface area contributed by atoms with Crippen LogP contribution in [0.1, 0.15) is 25.5 Å². The Morgan fingerprint density at radius 2 is 2.09 bits per heavy atom. The predicted molar refractivity (Wildman–Crippen MR) is 81.3 cm³/mol. The molecular formula is C15H17N5O3. The predicted octanol–water partition coefficient (Wildman–Crippen LogP) is 0.0431. The Kier molecular flexibility index (Phi) is 3.41. The van der Waals surface area contributed by atoms with Gasteiger partial charge in [-0.25, -0.2) is 15.0 Å².